The second kappa shape index (κ2) is 8.58. The van der Waals surface area contributed by atoms with Gasteiger partial charge in [0.1, 0.15) is 5.75 Å². The van der Waals surface area contributed by atoms with E-state index in [2.05, 4.69) is 10.6 Å². The minimum atomic E-state index is -0.152. The van der Waals surface area contributed by atoms with E-state index >= 15 is 0 Å². The second-order valence-corrected chi connectivity index (χ2v) is 6.65. The number of carbonyl (C=O) groups is 2. The lowest BCUT2D eigenvalue weighted by atomic mass is 9.89. The smallest absolute Gasteiger partial charge is 0.317 e. The van der Waals surface area contributed by atoms with Crippen LogP contribution in [0.15, 0.2) is 48.5 Å². The van der Waals surface area contributed by atoms with Crippen LogP contribution in [-0.4, -0.2) is 44.1 Å². The maximum atomic E-state index is 12.6. The molecule has 3 rings (SSSR count). The largest absolute Gasteiger partial charge is 0.497 e. The van der Waals surface area contributed by atoms with Gasteiger partial charge in [-0.1, -0.05) is 12.1 Å². The maximum Gasteiger partial charge on any atom is 0.317 e. The summed E-state index contributed by atoms with van der Waals surface area (Å²) >= 11 is 0. The molecule has 0 saturated carbocycles. The van der Waals surface area contributed by atoms with Gasteiger partial charge in [0.05, 0.1) is 7.11 Å². The molecule has 1 aliphatic rings. The van der Waals surface area contributed by atoms with Crippen molar-refractivity contribution in [3.63, 3.8) is 0 Å². The number of hydrogen-bond donors (Lipinski definition) is 2. The van der Waals surface area contributed by atoms with Crippen LogP contribution in [-0.2, 0) is 0 Å². The van der Waals surface area contributed by atoms with Gasteiger partial charge in [-0.2, -0.15) is 0 Å². The lowest BCUT2D eigenvalue weighted by molar-refractivity contribution is 0.102. The summed E-state index contributed by atoms with van der Waals surface area (Å²) in [5.74, 6) is 0.832. The minimum Gasteiger partial charge on any atom is -0.497 e. The number of anilines is 1. The van der Waals surface area contributed by atoms with Crippen molar-refractivity contribution < 1.29 is 14.3 Å². The highest BCUT2D eigenvalue weighted by molar-refractivity contribution is 6.04. The molecule has 1 heterocycles. The van der Waals surface area contributed by atoms with Crippen molar-refractivity contribution in [2.75, 3.05) is 32.6 Å². The third kappa shape index (κ3) is 4.58. The zero-order valence-corrected chi connectivity index (χ0v) is 15.7. The standard InChI is InChI=1S/C21H25N3O3/c1-22-21(26)24-12-4-7-17(14-24)15-5-3-6-16(13-15)20(25)23-18-8-10-19(27-2)11-9-18/h3,5-6,8-11,13,17H,4,7,12,14H2,1-2H3,(H,22,26)(H,23,25)/t17-/m0/s1. The van der Waals surface area contributed by atoms with Gasteiger partial charge in [-0.25, -0.2) is 4.79 Å². The molecule has 142 valence electrons. The average Bonchev–Trinajstić information content (AvgIpc) is 2.74. The van der Waals surface area contributed by atoms with E-state index < -0.39 is 0 Å². The fourth-order valence-electron chi connectivity index (χ4n) is 3.40. The van der Waals surface area contributed by atoms with Gasteiger partial charge in [0.2, 0.25) is 0 Å². The number of hydrogen-bond acceptors (Lipinski definition) is 3. The van der Waals surface area contributed by atoms with E-state index in [0.29, 0.717) is 12.1 Å². The molecule has 0 spiro atoms. The van der Waals surface area contributed by atoms with Gasteiger partial charge in [0.15, 0.2) is 0 Å². The molecule has 2 aromatic rings. The van der Waals surface area contributed by atoms with Crippen molar-refractivity contribution in [3.05, 3.63) is 59.7 Å². The summed E-state index contributed by atoms with van der Waals surface area (Å²) in [5, 5.41) is 5.59. The van der Waals surface area contributed by atoms with Crippen LogP contribution in [0.5, 0.6) is 5.75 Å². The SMILES string of the molecule is CNC(=O)N1CCC[C@H](c2cccc(C(=O)Nc3ccc(OC)cc3)c2)C1. The van der Waals surface area contributed by atoms with Gasteiger partial charge in [-0.15, -0.1) is 0 Å². The fourth-order valence-corrected chi connectivity index (χ4v) is 3.40. The summed E-state index contributed by atoms with van der Waals surface area (Å²) in [6.07, 6.45) is 1.97. The Labute approximate surface area is 159 Å². The number of ether oxygens (including phenoxy) is 1. The summed E-state index contributed by atoms with van der Waals surface area (Å²) in [6, 6.07) is 14.8. The number of rotatable bonds is 4. The molecule has 2 aromatic carbocycles. The Morgan fingerprint density at radius 1 is 1.15 bits per heavy atom. The quantitative estimate of drug-likeness (QED) is 0.869. The van der Waals surface area contributed by atoms with Crippen molar-refractivity contribution in [1.29, 1.82) is 0 Å². The number of urea groups is 1. The van der Waals surface area contributed by atoms with Crippen LogP contribution < -0.4 is 15.4 Å². The van der Waals surface area contributed by atoms with Gasteiger partial charge >= 0.3 is 6.03 Å². The molecule has 2 N–H and O–H groups in total. The highest BCUT2D eigenvalue weighted by Gasteiger charge is 2.24. The summed E-state index contributed by atoms with van der Waals surface area (Å²) in [6.45, 7) is 1.44. The predicted molar refractivity (Wildman–Crippen MR) is 105 cm³/mol. The Balaban J connectivity index is 1.70. The number of benzene rings is 2. The molecule has 1 fully saturated rings. The fraction of sp³-hybridized carbons (Fsp3) is 0.333. The lowest BCUT2D eigenvalue weighted by Gasteiger charge is -2.32. The van der Waals surface area contributed by atoms with Crippen LogP contribution in [0.2, 0.25) is 0 Å². The van der Waals surface area contributed by atoms with E-state index in [1.807, 2.05) is 41.3 Å². The first kappa shape index (κ1) is 18.8. The highest BCUT2D eigenvalue weighted by Crippen LogP contribution is 2.27. The molecule has 0 aromatic heterocycles. The number of methoxy groups -OCH3 is 1. The Bertz CT molecular complexity index is 805. The second-order valence-electron chi connectivity index (χ2n) is 6.65. The summed E-state index contributed by atoms with van der Waals surface area (Å²) in [5.41, 5.74) is 2.42. The minimum absolute atomic E-state index is 0.0481. The van der Waals surface area contributed by atoms with E-state index in [-0.39, 0.29) is 17.9 Å². The summed E-state index contributed by atoms with van der Waals surface area (Å²) in [4.78, 5) is 26.3. The van der Waals surface area contributed by atoms with Gasteiger partial charge in [0, 0.05) is 37.3 Å². The topological polar surface area (TPSA) is 70.7 Å². The molecular weight excluding hydrogens is 342 g/mol. The van der Waals surface area contributed by atoms with Crippen molar-refractivity contribution in [2.24, 2.45) is 0 Å². The number of amides is 3. The highest BCUT2D eigenvalue weighted by atomic mass is 16.5. The molecule has 6 heteroatoms. The Morgan fingerprint density at radius 2 is 1.93 bits per heavy atom. The van der Waals surface area contributed by atoms with E-state index in [9.17, 15) is 9.59 Å². The average molecular weight is 367 g/mol. The summed E-state index contributed by atoms with van der Waals surface area (Å²) < 4.78 is 5.13. The first-order valence-corrected chi connectivity index (χ1v) is 9.12. The molecule has 0 bridgehead atoms. The third-order valence-corrected chi connectivity index (χ3v) is 4.89. The van der Waals surface area contributed by atoms with E-state index in [4.69, 9.17) is 4.74 Å². The van der Waals surface area contributed by atoms with E-state index in [1.54, 1.807) is 26.3 Å². The molecule has 6 nitrogen and oxygen atoms in total. The first-order chi connectivity index (χ1) is 13.1. The van der Waals surface area contributed by atoms with Crippen LogP contribution >= 0.6 is 0 Å². The molecule has 1 atom stereocenters. The molecule has 0 aliphatic carbocycles. The third-order valence-electron chi connectivity index (χ3n) is 4.89. The molecule has 1 saturated heterocycles. The van der Waals surface area contributed by atoms with Crippen LogP contribution in [0.25, 0.3) is 0 Å². The van der Waals surface area contributed by atoms with Crippen molar-refractivity contribution in [1.82, 2.24) is 10.2 Å². The van der Waals surface area contributed by atoms with Gasteiger partial charge in [0.25, 0.3) is 5.91 Å². The van der Waals surface area contributed by atoms with Crippen LogP contribution in [0.1, 0.15) is 34.7 Å². The van der Waals surface area contributed by atoms with Crippen LogP contribution in [0.3, 0.4) is 0 Å². The first-order valence-electron chi connectivity index (χ1n) is 9.12. The number of likely N-dealkylation sites (tertiary alicyclic amines) is 1. The van der Waals surface area contributed by atoms with Gasteiger partial charge in [-0.05, 0) is 54.8 Å². The van der Waals surface area contributed by atoms with Gasteiger partial charge in [-0.3, -0.25) is 4.79 Å². The molecular formula is C21H25N3O3. The maximum absolute atomic E-state index is 12.6. The zero-order chi connectivity index (χ0) is 19.2. The predicted octanol–water partition coefficient (Wildman–Crippen LogP) is 3.47. The lowest BCUT2D eigenvalue weighted by Crippen LogP contribution is -2.43. The number of piperidine rings is 1. The molecule has 27 heavy (non-hydrogen) atoms. The monoisotopic (exact) mass is 367 g/mol. The van der Waals surface area contributed by atoms with Crippen molar-refractivity contribution in [2.45, 2.75) is 18.8 Å². The van der Waals surface area contributed by atoms with Crippen molar-refractivity contribution in [3.8, 4) is 5.75 Å². The molecule has 0 unspecified atom stereocenters. The number of nitrogens with zero attached hydrogens (tertiary/aromatic N) is 1. The summed E-state index contributed by atoms with van der Waals surface area (Å²) in [7, 11) is 3.26. The molecule has 0 radical (unpaired) electrons. The Kier molecular flexibility index (Phi) is 5.96. The Morgan fingerprint density at radius 3 is 2.63 bits per heavy atom. The van der Waals surface area contributed by atoms with Crippen LogP contribution in [0.4, 0.5) is 10.5 Å². The van der Waals surface area contributed by atoms with E-state index in [1.165, 1.54) is 0 Å². The molecule has 3 amide bonds. The normalized spacial score (nSPS) is 16.5. The zero-order valence-electron chi connectivity index (χ0n) is 15.7. The Hall–Kier alpha value is -3.02. The number of carbonyl (C=O) groups excluding carboxylic acids is 2. The van der Waals surface area contributed by atoms with E-state index in [0.717, 1.165) is 36.4 Å². The van der Waals surface area contributed by atoms with Crippen molar-refractivity contribution >= 4 is 17.6 Å². The molecule has 1 aliphatic heterocycles. The number of nitrogens with one attached hydrogen (secondary N) is 2. The van der Waals surface area contributed by atoms with Crippen LogP contribution in [0, 0.1) is 0 Å². The van der Waals surface area contributed by atoms with Gasteiger partial charge < -0.3 is 20.3 Å².